The highest BCUT2D eigenvalue weighted by Gasteiger charge is 2.28. The SMILES string of the molecule is Cc1cccc(C)c1NC(=O)c1cccc(S(=O)(=O)N2CCC(C)CC2)c1. The summed E-state index contributed by atoms with van der Waals surface area (Å²) in [5.74, 6) is 0.239. The van der Waals surface area contributed by atoms with Gasteiger partial charge in [-0.15, -0.1) is 0 Å². The lowest BCUT2D eigenvalue weighted by molar-refractivity contribution is 0.102. The third kappa shape index (κ3) is 4.22. The number of sulfonamides is 1. The Hall–Kier alpha value is -2.18. The maximum atomic E-state index is 12.9. The Morgan fingerprint density at radius 3 is 2.26 bits per heavy atom. The maximum absolute atomic E-state index is 12.9. The van der Waals surface area contributed by atoms with Gasteiger partial charge < -0.3 is 5.32 Å². The largest absolute Gasteiger partial charge is 0.322 e. The van der Waals surface area contributed by atoms with Crippen LogP contribution in [0.2, 0.25) is 0 Å². The monoisotopic (exact) mass is 386 g/mol. The molecule has 0 bridgehead atoms. The molecule has 1 aliphatic heterocycles. The standard InChI is InChI=1S/C21H26N2O3S/c1-15-10-12-23(13-11-15)27(25,26)19-9-5-8-18(14-19)21(24)22-20-16(2)6-4-7-17(20)3/h4-9,14-15H,10-13H2,1-3H3,(H,22,24). The Morgan fingerprint density at radius 2 is 1.63 bits per heavy atom. The van der Waals surface area contributed by atoms with E-state index < -0.39 is 10.0 Å². The van der Waals surface area contributed by atoms with Crippen LogP contribution in [0.1, 0.15) is 41.3 Å². The third-order valence-corrected chi connectivity index (χ3v) is 7.09. The molecule has 0 spiro atoms. The van der Waals surface area contributed by atoms with Gasteiger partial charge in [0, 0.05) is 24.3 Å². The molecule has 0 aliphatic carbocycles. The van der Waals surface area contributed by atoms with E-state index in [9.17, 15) is 13.2 Å². The fourth-order valence-corrected chi connectivity index (χ4v) is 4.89. The van der Waals surface area contributed by atoms with Crippen molar-refractivity contribution in [3.63, 3.8) is 0 Å². The van der Waals surface area contributed by atoms with Gasteiger partial charge in [0.1, 0.15) is 0 Å². The Labute approximate surface area is 161 Å². The minimum atomic E-state index is -3.58. The van der Waals surface area contributed by atoms with Crippen LogP contribution in [-0.2, 0) is 10.0 Å². The van der Waals surface area contributed by atoms with E-state index in [1.165, 1.54) is 10.4 Å². The van der Waals surface area contributed by atoms with E-state index in [1.807, 2.05) is 32.0 Å². The summed E-state index contributed by atoms with van der Waals surface area (Å²) >= 11 is 0. The van der Waals surface area contributed by atoms with Gasteiger partial charge in [0.15, 0.2) is 0 Å². The van der Waals surface area contributed by atoms with E-state index in [0.717, 1.165) is 29.7 Å². The fraction of sp³-hybridized carbons (Fsp3) is 0.381. The van der Waals surface area contributed by atoms with Crippen LogP contribution in [0.4, 0.5) is 5.69 Å². The molecule has 1 N–H and O–H groups in total. The smallest absolute Gasteiger partial charge is 0.255 e. The molecule has 1 fully saturated rings. The first kappa shape index (κ1) is 19.6. The lowest BCUT2D eigenvalue weighted by Gasteiger charge is -2.29. The zero-order valence-electron chi connectivity index (χ0n) is 16.0. The van der Waals surface area contributed by atoms with Crippen molar-refractivity contribution in [3.05, 3.63) is 59.2 Å². The lowest BCUT2D eigenvalue weighted by atomic mass is 10.0. The Bertz CT molecular complexity index is 925. The third-order valence-electron chi connectivity index (χ3n) is 5.20. The second kappa shape index (κ2) is 7.82. The predicted molar refractivity (Wildman–Crippen MR) is 107 cm³/mol. The van der Waals surface area contributed by atoms with Crippen molar-refractivity contribution in [1.29, 1.82) is 0 Å². The van der Waals surface area contributed by atoms with Gasteiger partial charge in [-0.1, -0.05) is 31.2 Å². The van der Waals surface area contributed by atoms with Crippen molar-refractivity contribution in [2.75, 3.05) is 18.4 Å². The molecule has 1 aliphatic rings. The van der Waals surface area contributed by atoms with Gasteiger partial charge in [0.25, 0.3) is 5.91 Å². The van der Waals surface area contributed by atoms with E-state index in [4.69, 9.17) is 0 Å². The molecule has 144 valence electrons. The van der Waals surface area contributed by atoms with E-state index in [0.29, 0.717) is 24.6 Å². The average Bonchev–Trinajstić information content (AvgIpc) is 2.65. The van der Waals surface area contributed by atoms with Gasteiger partial charge in [-0.2, -0.15) is 4.31 Å². The van der Waals surface area contributed by atoms with Crippen LogP contribution in [0.3, 0.4) is 0 Å². The van der Waals surface area contributed by atoms with Crippen molar-refractivity contribution in [1.82, 2.24) is 4.31 Å². The van der Waals surface area contributed by atoms with Gasteiger partial charge in [0.2, 0.25) is 10.0 Å². The van der Waals surface area contributed by atoms with Crippen molar-refractivity contribution in [2.24, 2.45) is 5.92 Å². The fourth-order valence-electron chi connectivity index (χ4n) is 3.37. The van der Waals surface area contributed by atoms with Crippen molar-refractivity contribution < 1.29 is 13.2 Å². The summed E-state index contributed by atoms with van der Waals surface area (Å²) in [7, 11) is -3.58. The first-order valence-corrected chi connectivity index (χ1v) is 10.7. The van der Waals surface area contributed by atoms with Crippen molar-refractivity contribution >= 4 is 21.6 Å². The quantitative estimate of drug-likeness (QED) is 0.864. The summed E-state index contributed by atoms with van der Waals surface area (Å²) in [5, 5.41) is 2.91. The molecule has 2 aromatic carbocycles. The number of anilines is 1. The molecule has 1 heterocycles. The Morgan fingerprint density at radius 1 is 1.04 bits per heavy atom. The molecular weight excluding hydrogens is 360 g/mol. The topological polar surface area (TPSA) is 66.5 Å². The van der Waals surface area contributed by atoms with Gasteiger partial charge in [-0.05, 0) is 61.9 Å². The normalized spacial score (nSPS) is 16.3. The molecule has 3 rings (SSSR count). The number of benzene rings is 2. The molecule has 0 saturated carbocycles. The number of amides is 1. The zero-order chi connectivity index (χ0) is 19.6. The van der Waals surface area contributed by atoms with Crippen LogP contribution in [0.5, 0.6) is 0 Å². The molecular formula is C21H26N2O3S. The van der Waals surface area contributed by atoms with Crippen LogP contribution in [0.15, 0.2) is 47.4 Å². The zero-order valence-corrected chi connectivity index (χ0v) is 16.8. The number of nitrogens with one attached hydrogen (secondary N) is 1. The molecule has 27 heavy (non-hydrogen) atoms. The molecule has 2 aromatic rings. The van der Waals surface area contributed by atoms with E-state index in [2.05, 4.69) is 12.2 Å². The van der Waals surface area contributed by atoms with Crippen LogP contribution >= 0.6 is 0 Å². The molecule has 0 radical (unpaired) electrons. The van der Waals surface area contributed by atoms with Gasteiger partial charge in [-0.25, -0.2) is 8.42 Å². The first-order chi connectivity index (χ1) is 12.8. The van der Waals surface area contributed by atoms with Crippen LogP contribution < -0.4 is 5.32 Å². The summed E-state index contributed by atoms with van der Waals surface area (Å²) in [6.07, 6.45) is 1.73. The van der Waals surface area contributed by atoms with Crippen LogP contribution in [-0.4, -0.2) is 31.7 Å². The van der Waals surface area contributed by atoms with Crippen molar-refractivity contribution in [3.8, 4) is 0 Å². The highest BCUT2D eigenvalue weighted by Crippen LogP contribution is 2.25. The number of aryl methyl sites for hydroxylation is 2. The molecule has 1 amide bonds. The summed E-state index contributed by atoms with van der Waals surface area (Å²) in [4.78, 5) is 12.9. The maximum Gasteiger partial charge on any atom is 0.255 e. The first-order valence-electron chi connectivity index (χ1n) is 9.27. The number of carbonyl (C=O) groups is 1. The second-order valence-electron chi connectivity index (χ2n) is 7.34. The van der Waals surface area contributed by atoms with E-state index in [-0.39, 0.29) is 10.8 Å². The van der Waals surface area contributed by atoms with Gasteiger partial charge in [0.05, 0.1) is 4.90 Å². The van der Waals surface area contributed by atoms with E-state index >= 15 is 0 Å². The summed E-state index contributed by atoms with van der Waals surface area (Å²) in [6, 6.07) is 12.1. The number of hydrogen-bond acceptors (Lipinski definition) is 3. The minimum absolute atomic E-state index is 0.172. The molecule has 0 aromatic heterocycles. The molecule has 0 atom stereocenters. The second-order valence-corrected chi connectivity index (χ2v) is 9.27. The summed E-state index contributed by atoms with van der Waals surface area (Å²) in [5.41, 5.74) is 3.04. The molecule has 1 saturated heterocycles. The highest BCUT2D eigenvalue weighted by molar-refractivity contribution is 7.89. The Kier molecular flexibility index (Phi) is 5.67. The number of hydrogen-bond donors (Lipinski definition) is 1. The highest BCUT2D eigenvalue weighted by atomic mass is 32.2. The number of para-hydroxylation sites is 1. The number of nitrogens with zero attached hydrogens (tertiary/aromatic N) is 1. The Balaban J connectivity index is 1.84. The van der Waals surface area contributed by atoms with Crippen LogP contribution in [0, 0.1) is 19.8 Å². The summed E-state index contributed by atoms with van der Waals surface area (Å²) < 4.78 is 27.4. The van der Waals surface area contributed by atoms with Crippen LogP contribution in [0.25, 0.3) is 0 Å². The number of rotatable bonds is 4. The van der Waals surface area contributed by atoms with Gasteiger partial charge in [-0.3, -0.25) is 4.79 Å². The average molecular weight is 387 g/mol. The predicted octanol–water partition coefficient (Wildman–Crippen LogP) is 3.98. The summed E-state index contributed by atoms with van der Waals surface area (Å²) in [6.45, 7) is 7.06. The number of carbonyl (C=O) groups excluding carboxylic acids is 1. The lowest BCUT2D eigenvalue weighted by Crippen LogP contribution is -2.37. The minimum Gasteiger partial charge on any atom is -0.322 e. The molecule has 5 nitrogen and oxygen atoms in total. The molecule has 6 heteroatoms. The van der Waals surface area contributed by atoms with Gasteiger partial charge >= 0.3 is 0 Å². The van der Waals surface area contributed by atoms with Crippen molar-refractivity contribution in [2.45, 2.75) is 38.5 Å². The number of piperidine rings is 1. The van der Waals surface area contributed by atoms with E-state index in [1.54, 1.807) is 18.2 Å². The molecule has 0 unspecified atom stereocenters.